The van der Waals surface area contributed by atoms with E-state index >= 15 is 0 Å². The van der Waals surface area contributed by atoms with Gasteiger partial charge in [-0.3, -0.25) is 0 Å². The second kappa shape index (κ2) is 7.89. The van der Waals surface area contributed by atoms with Gasteiger partial charge >= 0.3 is 6.03 Å². The van der Waals surface area contributed by atoms with Crippen LogP contribution in [-0.2, 0) is 0 Å². The number of carbonyl (C=O) groups excluding carboxylic acids is 1. The lowest BCUT2D eigenvalue weighted by Crippen LogP contribution is -2.47. The summed E-state index contributed by atoms with van der Waals surface area (Å²) in [5.41, 5.74) is -0.158. The first-order valence-corrected chi connectivity index (χ1v) is 8.16. The lowest BCUT2D eigenvalue weighted by molar-refractivity contribution is 0.00310. The molecule has 1 fully saturated rings. The van der Waals surface area contributed by atoms with Crippen molar-refractivity contribution >= 4 is 17.8 Å². The minimum Gasteiger partial charge on any atom is -0.392 e. The van der Waals surface area contributed by atoms with E-state index in [2.05, 4.69) is 23.8 Å². The zero-order valence-corrected chi connectivity index (χ0v) is 12.3. The Balaban J connectivity index is 2.20. The number of aliphatic hydroxyl groups is 1. The Morgan fingerprint density at radius 3 is 2.89 bits per heavy atom. The van der Waals surface area contributed by atoms with E-state index in [1.807, 2.05) is 0 Å². The van der Waals surface area contributed by atoms with Gasteiger partial charge in [0.2, 0.25) is 0 Å². The van der Waals surface area contributed by atoms with Crippen molar-refractivity contribution < 1.29 is 9.90 Å². The van der Waals surface area contributed by atoms with Crippen molar-refractivity contribution in [2.24, 2.45) is 5.41 Å². The van der Waals surface area contributed by atoms with Gasteiger partial charge in [0.1, 0.15) is 0 Å². The molecule has 5 heteroatoms. The molecule has 0 aromatic carbocycles. The van der Waals surface area contributed by atoms with Crippen LogP contribution in [0.4, 0.5) is 4.79 Å². The third kappa shape index (κ3) is 5.06. The molecule has 0 aromatic rings. The van der Waals surface area contributed by atoms with Crippen LogP contribution in [0.3, 0.4) is 0 Å². The summed E-state index contributed by atoms with van der Waals surface area (Å²) >= 11 is 1.78. The fourth-order valence-corrected chi connectivity index (χ4v) is 2.78. The van der Waals surface area contributed by atoms with E-state index < -0.39 is 0 Å². The molecule has 2 atom stereocenters. The molecule has 1 aliphatic carbocycles. The zero-order chi connectivity index (χ0) is 13.4. The summed E-state index contributed by atoms with van der Waals surface area (Å²) in [6.45, 7) is 3.33. The molecule has 0 saturated heterocycles. The van der Waals surface area contributed by atoms with Crippen molar-refractivity contribution in [1.29, 1.82) is 0 Å². The predicted molar refractivity (Wildman–Crippen MR) is 77.0 cm³/mol. The Bertz CT molecular complexity index is 263. The standard InChI is InChI=1S/C13H26N2O2S/c1-13(7-4-3-6-11(13)16)10-15-12(17)14-8-5-9-18-2/h11,16H,3-10H2,1-2H3,(H2,14,15,17). The second-order valence-corrected chi connectivity index (χ2v) is 6.36. The van der Waals surface area contributed by atoms with Crippen molar-refractivity contribution in [2.75, 3.05) is 25.1 Å². The molecule has 2 unspecified atom stereocenters. The van der Waals surface area contributed by atoms with Crippen LogP contribution in [0.2, 0.25) is 0 Å². The molecule has 0 heterocycles. The summed E-state index contributed by atoms with van der Waals surface area (Å²) in [4.78, 5) is 11.6. The molecule has 18 heavy (non-hydrogen) atoms. The van der Waals surface area contributed by atoms with Crippen LogP contribution in [0, 0.1) is 5.41 Å². The molecular formula is C13H26N2O2S. The third-order valence-electron chi connectivity index (χ3n) is 3.74. The Hall–Kier alpha value is -0.420. The monoisotopic (exact) mass is 274 g/mol. The number of thioether (sulfide) groups is 1. The fourth-order valence-electron chi connectivity index (χ4n) is 2.35. The molecule has 0 aromatic heterocycles. The molecular weight excluding hydrogens is 248 g/mol. The first-order valence-electron chi connectivity index (χ1n) is 6.77. The summed E-state index contributed by atoms with van der Waals surface area (Å²) in [5, 5.41) is 15.7. The van der Waals surface area contributed by atoms with Gasteiger partial charge in [-0.15, -0.1) is 0 Å². The zero-order valence-electron chi connectivity index (χ0n) is 11.5. The number of aliphatic hydroxyl groups excluding tert-OH is 1. The van der Waals surface area contributed by atoms with Crippen LogP contribution in [0.15, 0.2) is 0 Å². The largest absolute Gasteiger partial charge is 0.392 e. The van der Waals surface area contributed by atoms with Crippen LogP contribution < -0.4 is 10.6 Å². The van der Waals surface area contributed by atoms with Crippen LogP contribution in [0.1, 0.15) is 39.0 Å². The van der Waals surface area contributed by atoms with E-state index in [9.17, 15) is 9.90 Å². The van der Waals surface area contributed by atoms with Gasteiger partial charge in [0.15, 0.2) is 0 Å². The lowest BCUT2D eigenvalue weighted by atomic mass is 9.73. The van der Waals surface area contributed by atoms with Crippen LogP contribution >= 0.6 is 11.8 Å². The Labute approximate surface area is 114 Å². The van der Waals surface area contributed by atoms with Crippen LogP contribution in [-0.4, -0.2) is 42.3 Å². The minimum atomic E-state index is -0.289. The molecule has 2 amide bonds. The fraction of sp³-hybridized carbons (Fsp3) is 0.923. The molecule has 1 rings (SSSR count). The smallest absolute Gasteiger partial charge is 0.314 e. The number of amides is 2. The highest BCUT2D eigenvalue weighted by Gasteiger charge is 2.35. The van der Waals surface area contributed by atoms with Crippen molar-refractivity contribution in [2.45, 2.75) is 45.1 Å². The number of urea groups is 1. The molecule has 0 radical (unpaired) electrons. The highest BCUT2D eigenvalue weighted by Crippen LogP contribution is 2.35. The van der Waals surface area contributed by atoms with Gasteiger partial charge in [-0.1, -0.05) is 19.8 Å². The molecule has 0 spiro atoms. The third-order valence-corrected chi connectivity index (χ3v) is 4.44. The molecule has 3 N–H and O–H groups in total. The number of hydrogen-bond acceptors (Lipinski definition) is 3. The maximum absolute atomic E-state index is 11.6. The van der Waals surface area contributed by atoms with E-state index in [0.29, 0.717) is 13.1 Å². The van der Waals surface area contributed by atoms with Crippen LogP contribution in [0.5, 0.6) is 0 Å². The molecule has 4 nitrogen and oxygen atoms in total. The van der Waals surface area contributed by atoms with Gasteiger partial charge in [-0.05, 0) is 31.3 Å². The average Bonchev–Trinajstić information content (AvgIpc) is 2.36. The van der Waals surface area contributed by atoms with E-state index in [1.54, 1.807) is 11.8 Å². The first-order chi connectivity index (χ1) is 8.58. The topological polar surface area (TPSA) is 61.4 Å². The summed E-state index contributed by atoms with van der Waals surface area (Å²) < 4.78 is 0. The predicted octanol–water partition coefficient (Wildman–Crippen LogP) is 1.98. The molecule has 1 saturated carbocycles. The van der Waals surface area contributed by atoms with Gasteiger partial charge in [0, 0.05) is 18.5 Å². The maximum atomic E-state index is 11.6. The van der Waals surface area contributed by atoms with Gasteiger partial charge in [-0.25, -0.2) is 4.79 Å². The summed E-state index contributed by atoms with van der Waals surface area (Å²) in [6.07, 6.45) is 6.85. The molecule has 106 valence electrons. The van der Waals surface area contributed by atoms with Crippen LogP contribution in [0.25, 0.3) is 0 Å². The molecule has 0 bridgehead atoms. The summed E-state index contributed by atoms with van der Waals surface area (Å²) in [5.74, 6) is 1.07. The van der Waals surface area contributed by atoms with Crippen molar-refractivity contribution in [1.82, 2.24) is 10.6 Å². The van der Waals surface area contributed by atoms with Crippen molar-refractivity contribution in [3.05, 3.63) is 0 Å². The summed E-state index contributed by atoms with van der Waals surface area (Å²) in [6, 6.07) is -0.116. The summed E-state index contributed by atoms with van der Waals surface area (Å²) in [7, 11) is 0. The molecule has 1 aliphatic rings. The highest BCUT2D eigenvalue weighted by molar-refractivity contribution is 7.98. The van der Waals surface area contributed by atoms with E-state index in [4.69, 9.17) is 0 Å². The first kappa shape index (κ1) is 15.6. The van der Waals surface area contributed by atoms with E-state index in [-0.39, 0.29) is 17.6 Å². The number of rotatable bonds is 6. The Morgan fingerprint density at radius 2 is 2.22 bits per heavy atom. The lowest BCUT2D eigenvalue weighted by Gasteiger charge is -2.38. The normalized spacial score (nSPS) is 27.8. The Kier molecular flexibility index (Phi) is 6.86. The molecule has 0 aliphatic heterocycles. The van der Waals surface area contributed by atoms with Gasteiger partial charge in [-0.2, -0.15) is 11.8 Å². The van der Waals surface area contributed by atoms with Crippen molar-refractivity contribution in [3.63, 3.8) is 0 Å². The van der Waals surface area contributed by atoms with E-state index in [1.165, 1.54) is 0 Å². The van der Waals surface area contributed by atoms with E-state index in [0.717, 1.165) is 37.9 Å². The van der Waals surface area contributed by atoms with Crippen molar-refractivity contribution in [3.8, 4) is 0 Å². The SMILES string of the molecule is CSCCCNC(=O)NCC1(C)CCCCC1O. The number of hydrogen-bond donors (Lipinski definition) is 3. The quantitative estimate of drug-likeness (QED) is 0.649. The number of nitrogens with one attached hydrogen (secondary N) is 2. The van der Waals surface area contributed by atoms with Gasteiger partial charge in [0.25, 0.3) is 0 Å². The average molecular weight is 274 g/mol. The Morgan fingerprint density at radius 1 is 1.44 bits per heavy atom. The second-order valence-electron chi connectivity index (χ2n) is 5.37. The highest BCUT2D eigenvalue weighted by atomic mass is 32.2. The maximum Gasteiger partial charge on any atom is 0.314 e. The van der Waals surface area contributed by atoms with Gasteiger partial charge < -0.3 is 15.7 Å². The van der Waals surface area contributed by atoms with Gasteiger partial charge in [0.05, 0.1) is 6.10 Å². The minimum absolute atomic E-state index is 0.116. The number of carbonyl (C=O) groups is 1.